The fourth-order valence-corrected chi connectivity index (χ4v) is 3.47. The lowest BCUT2D eigenvalue weighted by Crippen LogP contribution is -2.58. The molecule has 0 amide bonds. The molecule has 4 nitrogen and oxygen atoms in total. The van der Waals surface area contributed by atoms with Gasteiger partial charge in [-0.3, -0.25) is 9.69 Å². The third-order valence-electron chi connectivity index (χ3n) is 4.63. The molecule has 2 fully saturated rings. The quantitative estimate of drug-likeness (QED) is 0.627. The molecule has 1 saturated carbocycles. The van der Waals surface area contributed by atoms with E-state index in [-0.39, 0.29) is 12.0 Å². The monoisotopic (exact) mass is 268 g/mol. The highest BCUT2D eigenvalue weighted by atomic mass is 16.5. The van der Waals surface area contributed by atoms with Gasteiger partial charge in [-0.1, -0.05) is 25.7 Å². The smallest absolute Gasteiger partial charge is 0.307 e. The Bertz CT molecular complexity index is 288. The van der Waals surface area contributed by atoms with Gasteiger partial charge in [0.1, 0.15) is 0 Å². The standard InChI is InChI=1S/C15H28N2O2/c1-12-10-16-13(9-15(18)19-2)11-17(12)14-7-5-3-4-6-8-14/h12-14,16H,3-11H2,1-2H3. The second-order valence-electron chi connectivity index (χ2n) is 6.08. The summed E-state index contributed by atoms with van der Waals surface area (Å²) in [5, 5.41) is 3.48. The highest BCUT2D eigenvalue weighted by Gasteiger charge is 2.31. The van der Waals surface area contributed by atoms with Gasteiger partial charge >= 0.3 is 5.97 Å². The number of nitrogens with zero attached hydrogens (tertiary/aromatic N) is 1. The van der Waals surface area contributed by atoms with Crippen LogP contribution < -0.4 is 5.32 Å². The Labute approximate surface area is 116 Å². The van der Waals surface area contributed by atoms with Crippen molar-refractivity contribution in [2.24, 2.45) is 0 Å². The first kappa shape index (κ1) is 14.8. The molecule has 0 bridgehead atoms. The third-order valence-corrected chi connectivity index (χ3v) is 4.63. The van der Waals surface area contributed by atoms with Crippen LogP contribution in [-0.4, -0.2) is 49.2 Å². The number of esters is 1. The molecule has 2 aliphatic rings. The van der Waals surface area contributed by atoms with E-state index in [0.29, 0.717) is 12.5 Å². The Hall–Kier alpha value is -0.610. The van der Waals surface area contributed by atoms with Gasteiger partial charge in [0.25, 0.3) is 0 Å². The number of nitrogens with one attached hydrogen (secondary N) is 1. The van der Waals surface area contributed by atoms with E-state index in [9.17, 15) is 4.79 Å². The highest BCUT2D eigenvalue weighted by Crippen LogP contribution is 2.25. The second kappa shape index (κ2) is 7.25. The number of rotatable bonds is 3. The minimum atomic E-state index is -0.104. The van der Waals surface area contributed by atoms with Crippen molar-refractivity contribution in [2.45, 2.75) is 70.0 Å². The summed E-state index contributed by atoms with van der Waals surface area (Å²) >= 11 is 0. The zero-order chi connectivity index (χ0) is 13.7. The molecule has 110 valence electrons. The van der Waals surface area contributed by atoms with Gasteiger partial charge in [-0.25, -0.2) is 0 Å². The average molecular weight is 268 g/mol. The predicted molar refractivity (Wildman–Crippen MR) is 76.1 cm³/mol. The molecule has 1 heterocycles. The van der Waals surface area contributed by atoms with Crippen LogP contribution in [0.25, 0.3) is 0 Å². The maximum atomic E-state index is 11.4. The maximum absolute atomic E-state index is 11.4. The second-order valence-corrected chi connectivity index (χ2v) is 6.08. The maximum Gasteiger partial charge on any atom is 0.307 e. The Morgan fingerprint density at radius 1 is 1.26 bits per heavy atom. The number of hydrogen-bond donors (Lipinski definition) is 1. The average Bonchev–Trinajstić information content (AvgIpc) is 2.69. The summed E-state index contributed by atoms with van der Waals surface area (Å²) in [6, 6.07) is 1.56. The highest BCUT2D eigenvalue weighted by molar-refractivity contribution is 5.69. The van der Waals surface area contributed by atoms with Crippen LogP contribution in [0, 0.1) is 0 Å². The van der Waals surface area contributed by atoms with E-state index in [1.807, 2.05) is 0 Å². The van der Waals surface area contributed by atoms with Gasteiger partial charge in [0.05, 0.1) is 13.5 Å². The van der Waals surface area contributed by atoms with Crippen LogP contribution in [0.1, 0.15) is 51.9 Å². The molecule has 0 aromatic carbocycles. The molecule has 1 saturated heterocycles. The molecule has 0 radical (unpaired) electrons. The first-order valence-corrected chi connectivity index (χ1v) is 7.76. The normalized spacial score (nSPS) is 30.8. The fraction of sp³-hybridized carbons (Fsp3) is 0.933. The zero-order valence-corrected chi connectivity index (χ0v) is 12.4. The van der Waals surface area contributed by atoms with Gasteiger partial charge in [0, 0.05) is 31.2 Å². The Kier molecular flexibility index (Phi) is 5.64. The Morgan fingerprint density at radius 3 is 2.58 bits per heavy atom. The van der Waals surface area contributed by atoms with Crippen molar-refractivity contribution < 1.29 is 9.53 Å². The van der Waals surface area contributed by atoms with Gasteiger partial charge in [-0.05, 0) is 19.8 Å². The number of methoxy groups -OCH3 is 1. The van der Waals surface area contributed by atoms with Gasteiger partial charge in [-0.2, -0.15) is 0 Å². The lowest BCUT2D eigenvalue weighted by Gasteiger charge is -2.43. The molecule has 4 heteroatoms. The van der Waals surface area contributed by atoms with Crippen LogP contribution in [0.3, 0.4) is 0 Å². The molecule has 1 N–H and O–H groups in total. The molecule has 2 unspecified atom stereocenters. The summed E-state index contributed by atoms with van der Waals surface area (Å²) in [4.78, 5) is 14.1. The first-order chi connectivity index (χ1) is 9.20. The number of hydrogen-bond acceptors (Lipinski definition) is 4. The molecule has 0 aromatic heterocycles. The van der Waals surface area contributed by atoms with E-state index in [0.717, 1.165) is 19.1 Å². The molecule has 1 aliphatic carbocycles. The lowest BCUT2D eigenvalue weighted by molar-refractivity contribution is -0.141. The molecule has 0 spiro atoms. The summed E-state index contributed by atoms with van der Waals surface area (Å²) in [6.45, 7) is 4.27. The SMILES string of the molecule is COC(=O)CC1CN(C2CCCCCC2)C(C)CN1. The Balaban J connectivity index is 1.91. The molecule has 19 heavy (non-hydrogen) atoms. The van der Waals surface area contributed by atoms with Crippen molar-refractivity contribution >= 4 is 5.97 Å². The van der Waals surface area contributed by atoms with Gasteiger partial charge in [0.2, 0.25) is 0 Å². The lowest BCUT2D eigenvalue weighted by atomic mass is 10.00. The summed E-state index contributed by atoms with van der Waals surface area (Å²) in [6.07, 6.45) is 8.66. The van der Waals surface area contributed by atoms with Crippen LogP contribution in [0.2, 0.25) is 0 Å². The van der Waals surface area contributed by atoms with Crippen molar-refractivity contribution in [3.63, 3.8) is 0 Å². The first-order valence-electron chi connectivity index (χ1n) is 7.76. The van der Waals surface area contributed by atoms with E-state index in [1.54, 1.807) is 0 Å². The van der Waals surface area contributed by atoms with Gasteiger partial charge in [0.15, 0.2) is 0 Å². The summed E-state index contributed by atoms with van der Waals surface area (Å²) < 4.78 is 4.78. The minimum absolute atomic E-state index is 0.104. The zero-order valence-electron chi connectivity index (χ0n) is 12.4. The number of carbonyl (C=O) groups excluding carboxylic acids is 1. The molecule has 2 rings (SSSR count). The van der Waals surface area contributed by atoms with Crippen LogP contribution in [-0.2, 0) is 9.53 Å². The van der Waals surface area contributed by atoms with E-state index in [2.05, 4.69) is 17.1 Å². The predicted octanol–water partition coefficient (Wildman–Crippen LogP) is 1.93. The number of piperazine rings is 1. The topological polar surface area (TPSA) is 41.6 Å². The van der Waals surface area contributed by atoms with E-state index < -0.39 is 0 Å². The van der Waals surface area contributed by atoms with Crippen molar-refractivity contribution in [2.75, 3.05) is 20.2 Å². The van der Waals surface area contributed by atoms with Crippen LogP contribution in [0.15, 0.2) is 0 Å². The van der Waals surface area contributed by atoms with Crippen LogP contribution in [0.4, 0.5) is 0 Å². The van der Waals surface area contributed by atoms with Gasteiger partial charge < -0.3 is 10.1 Å². The number of carbonyl (C=O) groups is 1. The molecular weight excluding hydrogens is 240 g/mol. The van der Waals surface area contributed by atoms with Gasteiger partial charge in [-0.15, -0.1) is 0 Å². The minimum Gasteiger partial charge on any atom is -0.469 e. The molecule has 1 aliphatic heterocycles. The molecule has 2 atom stereocenters. The van der Waals surface area contributed by atoms with Crippen molar-refractivity contribution in [1.29, 1.82) is 0 Å². The van der Waals surface area contributed by atoms with E-state index in [4.69, 9.17) is 4.74 Å². The largest absolute Gasteiger partial charge is 0.469 e. The van der Waals surface area contributed by atoms with Crippen LogP contribution >= 0.6 is 0 Å². The third kappa shape index (κ3) is 4.18. The molecular formula is C15H28N2O2. The molecule has 0 aromatic rings. The van der Waals surface area contributed by atoms with Crippen molar-refractivity contribution in [1.82, 2.24) is 10.2 Å². The van der Waals surface area contributed by atoms with E-state index >= 15 is 0 Å². The summed E-state index contributed by atoms with van der Waals surface area (Å²) in [5.74, 6) is -0.104. The summed E-state index contributed by atoms with van der Waals surface area (Å²) in [7, 11) is 1.47. The summed E-state index contributed by atoms with van der Waals surface area (Å²) in [5.41, 5.74) is 0. The van der Waals surface area contributed by atoms with Crippen molar-refractivity contribution in [3.05, 3.63) is 0 Å². The van der Waals surface area contributed by atoms with E-state index in [1.165, 1.54) is 45.6 Å². The fourth-order valence-electron chi connectivity index (χ4n) is 3.47. The Morgan fingerprint density at radius 2 is 1.95 bits per heavy atom. The number of ether oxygens (including phenoxy) is 1. The van der Waals surface area contributed by atoms with Crippen molar-refractivity contribution in [3.8, 4) is 0 Å². The van der Waals surface area contributed by atoms with Crippen LogP contribution in [0.5, 0.6) is 0 Å².